The Labute approximate surface area is 160 Å². The molecule has 0 saturated heterocycles. The lowest BCUT2D eigenvalue weighted by atomic mass is 10.2. The van der Waals surface area contributed by atoms with E-state index in [0.717, 1.165) is 6.07 Å². The van der Waals surface area contributed by atoms with Gasteiger partial charge in [0.15, 0.2) is 23.1 Å². The van der Waals surface area contributed by atoms with Crippen molar-refractivity contribution in [1.82, 2.24) is 0 Å². The molecule has 0 spiro atoms. The van der Waals surface area contributed by atoms with Gasteiger partial charge in [-0.2, -0.15) is 13.2 Å². The summed E-state index contributed by atoms with van der Waals surface area (Å²) in [4.78, 5) is 0. The summed E-state index contributed by atoms with van der Waals surface area (Å²) in [6.45, 7) is -0.741. The average Bonchev–Trinajstić information content (AvgIpc) is 2.58. The maximum absolute atomic E-state index is 14.0. The van der Waals surface area contributed by atoms with Crippen LogP contribution < -0.4 is 10.1 Å². The molecule has 0 aliphatic rings. The fourth-order valence-corrected chi connectivity index (χ4v) is 2.29. The van der Waals surface area contributed by atoms with Crippen LogP contribution in [0, 0.1) is 11.6 Å². The van der Waals surface area contributed by atoms with Crippen LogP contribution in [-0.4, -0.2) is 29.5 Å². The van der Waals surface area contributed by atoms with Crippen molar-refractivity contribution in [2.75, 3.05) is 18.5 Å². The molecule has 0 aliphatic heterocycles. The molecule has 0 fully saturated rings. The van der Waals surface area contributed by atoms with Crippen molar-refractivity contribution < 1.29 is 36.9 Å². The quantitative estimate of drug-likeness (QED) is 0.572. The van der Waals surface area contributed by atoms with Crippen LogP contribution in [0.15, 0.2) is 24.3 Å². The number of rotatable bonds is 6. The number of aliphatic hydroxyl groups is 2. The maximum atomic E-state index is 14.0. The Bertz CT molecular complexity index is 809. The first-order valence-corrected chi connectivity index (χ1v) is 8.04. The minimum Gasteiger partial charge on any atom is -0.449 e. The highest BCUT2D eigenvalue weighted by Crippen LogP contribution is 2.40. The zero-order chi connectivity index (χ0) is 20.4. The second-order valence-corrected chi connectivity index (χ2v) is 6.16. The van der Waals surface area contributed by atoms with E-state index in [0.29, 0.717) is 0 Å². The number of benzene rings is 2. The first kappa shape index (κ1) is 21.5. The zero-order valence-electron chi connectivity index (χ0n) is 13.2. The molecule has 1 atom stereocenters. The molecule has 2 rings (SSSR count). The van der Waals surface area contributed by atoms with Crippen LogP contribution in [0.4, 0.5) is 27.6 Å². The van der Waals surface area contributed by atoms with Crippen molar-refractivity contribution in [3.8, 4) is 11.5 Å². The molecule has 4 nitrogen and oxygen atoms in total. The molecule has 0 heterocycles. The molecular weight excluding hydrogens is 420 g/mol. The predicted molar refractivity (Wildman–Crippen MR) is 89.5 cm³/mol. The zero-order valence-corrected chi connectivity index (χ0v) is 14.8. The van der Waals surface area contributed by atoms with Gasteiger partial charge in [0.1, 0.15) is 0 Å². The Morgan fingerprint density at radius 3 is 2.11 bits per heavy atom. The highest BCUT2D eigenvalue weighted by atomic mass is 35.5. The van der Waals surface area contributed by atoms with Crippen LogP contribution in [0.25, 0.3) is 0 Å². The molecule has 1 unspecified atom stereocenters. The summed E-state index contributed by atoms with van der Waals surface area (Å²) in [6, 6.07) is 2.51. The topological polar surface area (TPSA) is 61.7 Å². The van der Waals surface area contributed by atoms with Gasteiger partial charge in [-0.3, -0.25) is 0 Å². The van der Waals surface area contributed by atoms with Crippen molar-refractivity contribution in [2.24, 2.45) is 0 Å². The SMILES string of the molecule is OCC(O)CNc1cc(Cl)c(Cl)cc1Oc1c(F)cc(C(F)(F)F)cc1F. The number of hydrogen-bond acceptors (Lipinski definition) is 4. The largest absolute Gasteiger partial charge is 0.449 e. The summed E-state index contributed by atoms with van der Waals surface area (Å²) in [6.07, 6.45) is -6.09. The monoisotopic (exact) mass is 431 g/mol. The standard InChI is InChI=1S/C16H12Cl2F5NO3/c17-9-3-13(24-5-8(26)6-25)14(4-10(9)18)27-15-11(19)1-7(2-12(15)20)16(21,22)23/h1-4,8,24-26H,5-6H2. The van der Waals surface area contributed by atoms with Gasteiger partial charge < -0.3 is 20.3 Å². The number of anilines is 1. The Morgan fingerprint density at radius 2 is 1.59 bits per heavy atom. The van der Waals surface area contributed by atoms with E-state index < -0.39 is 41.8 Å². The number of halogens is 7. The van der Waals surface area contributed by atoms with E-state index in [1.165, 1.54) is 6.07 Å². The minimum absolute atomic E-state index is 0.0376. The Balaban J connectivity index is 2.40. The van der Waals surface area contributed by atoms with Gasteiger partial charge in [0.05, 0.1) is 34.0 Å². The minimum atomic E-state index is -4.93. The molecule has 11 heteroatoms. The highest BCUT2D eigenvalue weighted by Gasteiger charge is 2.33. The molecule has 3 N–H and O–H groups in total. The molecule has 0 amide bonds. The van der Waals surface area contributed by atoms with Crippen molar-refractivity contribution in [3.05, 3.63) is 51.5 Å². The molecule has 148 valence electrons. The van der Waals surface area contributed by atoms with Crippen LogP contribution in [0.5, 0.6) is 11.5 Å². The van der Waals surface area contributed by atoms with E-state index in [1.54, 1.807) is 0 Å². The molecule has 0 saturated carbocycles. The van der Waals surface area contributed by atoms with Gasteiger partial charge in [-0.25, -0.2) is 8.78 Å². The van der Waals surface area contributed by atoms with Crippen LogP contribution in [-0.2, 0) is 6.18 Å². The maximum Gasteiger partial charge on any atom is 0.416 e. The number of ether oxygens (including phenoxy) is 1. The molecule has 0 bridgehead atoms. The van der Waals surface area contributed by atoms with E-state index in [-0.39, 0.29) is 40.2 Å². The fourth-order valence-electron chi connectivity index (χ4n) is 1.97. The number of aliphatic hydroxyl groups excluding tert-OH is 2. The van der Waals surface area contributed by atoms with Gasteiger partial charge in [-0.15, -0.1) is 0 Å². The van der Waals surface area contributed by atoms with Crippen molar-refractivity contribution in [3.63, 3.8) is 0 Å². The molecule has 27 heavy (non-hydrogen) atoms. The predicted octanol–water partition coefficient (Wildman–Crippen LogP) is 4.85. The van der Waals surface area contributed by atoms with E-state index in [9.17, 15) is 27.1 Å². The summed E-state index contributed by atoms with van der Waals surface area (Å²) in [7, 11) is 0. The third-order valence-electron chi connectivity index (χ3n) is 3.30. The second-order valence-electron chi connectivity index (χ2n) is 5.35. The summed E-state index contributed by atoms with van der Waals surface area (Å²) >= 11 is 11.7. The molecule has 0 aromatic heterocycles. The van der Waals surface area contributed by atoms with E-state index >= 15 is 0 Å². The lowest BCUT2D eigenvalue weighted by Gasteiger charge is -2.17. The van der Waals surface area contributed by atoms with Gasteiger partial charge in [-0.05, 0) is 18.2 Å². The average molecular weight is 432 g/mol. The first-order valence-electron chi connectivity index (χ1n) is 7.29. The van der Waals surface area contributed by atoms with Crippen molar-refractivity contribution >= 4 is 28.9 Å². The van der Waals surface area contributed by atoms with Crippen molar-refractivity contribution in [1.29, 1.82) is 0 Å². The molecule has 0 radical (unpaired) electrons. The third kappa shape index (κ3) is 5.35. The van der Waals surface area contributed by atoms with E-state index in [4.69, 9.17) is 33.0 Å². The van der Waals surface area contributed by atoms with Gasteiger partial charge in [0, 0.05) is 12.6 Å². The molecule has 2 aromatic carbocycles. The van der Waals surface area contributed by atoms with Crippen LogP contribution >= 0.6 is 23.2 Å². The lowest BCUT2D eigenvalue weighted by molar-refractivity contribution is -0.138. The molecule has 0 aliphatic carbocycles. The number of nitrogens with one attached hydrogen (secondary N) is 1. The van der Waals surface area contributed by atoms with Gasteiger partial charge in [-0.1, -0.05) is 23.2 Å². The smallest absolute Gasteiger partial charge is 0.416 e. The molecular formula is C16H12Cl2F5NO3. The first-order chi connectivity index (χ1) is 12.5. The van der Waals surface area contributed by atoms with Crippen LogP contribution in [0.2, 0.25) is 10.0 Å². The van der Waals surface area contributed by atoms with Crippen molar-refractivity contribution in [2.45, 2.75) is 12.3 Å². The Hall–Kier alpha value is -1.81. The summed E-state index contributed by atoms with van der Waals surface area (Å²) in [5, 5.41) is 20.8. The van der Waals surface area contributed by atoms with E-state index in [2.05, 4.69) is 5.32 Å². The van der Waals surface area contributed by atoms with Gasteiger partial charge >= 0.3 is 6.18 Å². The van der Waals surface area contributed by atoms with Gasteiger partial charge in [0.25, 0.3) is 0 Å². The Morgan fingerprint density at radius 1 is 1.04 bits per heavy atom. The highest BCUT2D eigenvalue weighted by molar-refractivity contribution is 6.42. The van der Waals surface area contributed by atoms with Gasteiger partial charge in [0.2, 0.25) is 0 Å². The van der Waals surface area contributed by atoms with Crippen LogP contribution in [0.1, 0.15) is 5.56 Å². The normalized spacial score (nSPS) is 12.8. The van der Waals surface area contributed by atoms with Crippen LogP contribution in [0.3, 0.4) is 0 Å². The van der Waals surface area contributed by atoms with E-state index in [1.807, 2.05) is 0 Å². The fraction of sp³-hybridized carbons (Fsp3) is 0.250. The summed E-state index contributed by atoms with van der Waals surface area (Å²) in [5.41, 5.74) is -1.47. The summed E-state index contributed by atoms with van der Waals surface area (Å²) < 4.78 is 70.9. The lowest BCUT2D eigenvalue weighted by Crippen LogP contribution is -2.23. The molecule has 2 aromatic rings. The third-order valence-corrected chi connectivity index (χ3v) is 4.02. The second kappa shape index (κ2) is 8.47. The Kier molecular flexibility index (Phi) is 6.74. The number of alkyl halides is 3. The summed E-state index contributed by atoms with van der Waals surface area (Å²) in [5.74, 6) is -4.48. The number of hydrogen-bond donors (Lipinski definition) is 3.